The number of carbonyl (C=O) groups excluding carboxylic acids is 1. The number of rotatable bonds is 9. The molecule has 0 N–H and O–H groups in total. The predicted molar refractivity (Wildman–Crippen MR) is 86.7 cm³/mol. The summed E-state index contributed by atoms with van der Waals surface area (Å²) in [5.41, 5.74) is -0.592. The van der Waals surface area contributed by atoms with E-state index in [4.69, 9.17) is 4.74 Å². The van der Waals surface area contributed by atoms with Crippen molar-refractivity contribution in [2.45, 2.75) is 45.2 Å². The van der Waals surface area contributed by atoms with Crippen LogP contribution in [0.5, 0.6) is 5.75 Å². The van der Waals surface area contributed by atoms with Crippen LogP contribution in [0.1, 0.15) is 50.2 Å². The summed E-state index contributed by atoms with van der Waals surface area (Å²) in [5.74, 6) is -0.816. The van der Waals surface area contributed by atoms with E-state index in [0.29, 0.717) is 0 Å². The highest BCUT2D eigenvalue weighted by atomic mass is 19.4. The van der Waals surface area contributed by atoms with Gasteiger partial charge in [-0.3, -0.25) is 0 Å². The van der Waals surface area contributed by atoms with Crippen LogP contribution in [0, 0.1) is 0 Å². The van der Waals surface area contributed by atoms with Gasteiger partial charge in [-0.15, -0.1) is 0 Å². The van der Waals surface area contributed by atoms with Crippen LogP contribution in [0.4, 0.5) is 13.2 Å². The molecule has 0 aliphatic rings. The number of benzene rings is 1. The van der Waals surface area contributed by atoms with E-state index in [2.05, 4.69) is 11.7 Å². The number of ether oxygens (including phenoxy) is 2. The molecule has 0 aliphatic heterocycles. The summed E-state index contributed by atoms with van der Waals surface area (Å²) >= 11 is 0. The van der Waals surface area contributed by atoms with Crippen molar-refractivity contribution in [3.8, 4) is 5.75 Å². The molecule has 24 heavy (non-hydrogen) atoms. The number of methoxy groups -OCH3 is 1. The summed E-state index contributed by atoms with van der Waals surface area (Å²) in [5, 5.41) is 0. The third-order valence-electron chi connectivity index (χ3n) is 3.43. The van der Waals surface area contributed by atoms with Crippen molar-refractivity contribution in [3.05, 3.63) is 35.4 Å². The number of carbonyl (C=O) groups is 1. The molecule has 3 nitrogen and oxygen atoms in total. The number of unbranched alkanes of at least 4 members (excludes halogenated alkanes) is 4. The second-order valence-electron chi connectivity index (χ2n) is 5.37. The maximum absolute atomic E-state index is 13.2. The standard InChI is InChI=1S/C18H23F3O3/c1-3-4-5-6-7-12-24-16-10-8-14(9-11-17(22)23-2)13-15(16)18(19,20)21/h8-11,13H,3-7,12H2,1-2H3/b11-9+. The average molecular weight is 344 g/mol. The molecule has 1 rings (SSSR count). The number of halogens is 3. The second kappa shape index (κ2) is 10.0. The zero-order valence-electron chi connectivity index (χ0n) is 14.0. The minimum atomic E-state index is -4.52. The fraction of sp³-hybridized carbons (Fsp3) is 0.500. The molecule has 6 heteroatoms. The maximum atomic E-state index is 13.2. The van der Waals surface area contributed by atoms with Gasteiger partial charge >= 0.3 is 12.1 Å². The van der Waals surface area contributed by atoms with Crippen LogP contribution in [0.15, 0.2) is 24.3 Å². The van der Waals surface area contributed by atoms with E-state index in [0.717, 1.165) is 44.2 Å². The van der Waals surface area contributed by atoms with Gasteiger partial charge in [-0.05, 0) is 30.2 Å². The largest absolute Gasteiger partial charge is 0.493 e. The molecular weight excluding hydrogens is 321 g/mol. The molecular formula is C18H23F3O3. The molecule has 0 saturated heterocycles. The fourth-order valence-electron chi connectivity index (χ4n) is 2.12. The Morgan fingerprint density at radius 2 is 1.88 bits per heavy atom. The molecule has 1 aromatic carbocycles. The average Bonchev–Trinajstić information content (AvgIpc) is 2.55. The van der Waals surface area contributed by atoms with Crippen molar-refractivity contribution < 1.29 is 27.4 Å². The Morgan fingerprint density at radius 1 is 1.17 bits per heavy atom. The molecule has 0 spiro atoms. The lowest BCUT2D eigenvalue weighted by molar-refractivity contribution is -0.139. The van der Waals surface area contributed by atoms with Crippen molar-refractivity contribution in [3.63, 3.8) is 0 Å². The molecule has 0 bridgehead atoms. The molecule has 0 saturated carbocycles. The van der Waals surface area contributed by atoms with Crippen LogP contribution in [0.3, 0.4) is 0 Å². The highest BCUT2D eigenvalue weighted by molar-refractivity contribution is 5.87. The molecule has 0 aromatic heterocycles. The number of alkyl halides is 3. The van der Waals surface area contributed by atoms with E-state index in [1.807, 2.05) is 0 Å². The molecule has 0 aliphatic carbocycles. The lowest BCUT2D eigenvalue weighted by Crippen LogP contribution is -2.10. The van der Waals surface area contributed by atoms with Crippen LogP contribution in [-0.4, -0.2) is 19.7 Å². The van der Waals surface area contributed by atoms with E-state index in [-0.39, 0.29) is 17.9 Å². The summed E-state index contributed by atoms with van der Waals surface area (Å²) < 4.78 is 49.2. The Bertz CT molecular complexity index is 551. The highest BCUT2D eigenvalue weighted by Gasteiger charge is 2.34. The summed E-state index contributed by atoms with van der Waals surface area (Å²) in [6, 6.07) is 3.72. The normalized spacial score (nSPS) is 11.7. The zero-order chi connectivity index (χ0) is 18.0. The molecule has 0 amide bonds. The summed E-state index contributed by atoms with van der Waals surface area (Å²) in [4.78, 5) is 11.0. The highest BCUT2D eigenvalue weighted by Crippen LogP contribution is 2.37. The van der Waals surface area contributed by atoms with Gasteiger partial charge in [0.2, 0.25) is 0 Å². The minimum absolute atomic E-state index is 0.187. The Hall–Kier alpha value is -1.98. The second-order valence-corrected chi connectivity index (χ2v) is 5.37. The number of hydrogen-bond acceptors (Lipinski definition) is 3. The maximum Gasteiger partial charge on any atom is 0.419 e. The van der Waals surface area contributed by atoms with Gasteiger partial charge in [0.1, 0.15) is 5.75 Å². The van der Waals surface area contributed by atoms with E-state index in [1.165, 1.54) is 25.3 Å². The Kier molecular flexibility index (Phi) is 8.36. The Balaban J connectivity index is 2.77. The first-order valence-electron chi connectivity index (χ1n) is 7.98. The predicted octanol–water partition coefficient (Wildman–Crippen LogP) is 5.24. The van der Waals surface area contributed by atoms with Crippen molar-refractivity contribution in [1.82, 2.24) is 0 Å². The lowest BCUT2D eigenvalue weighted by atomic mass is 10.1. The Morgan fingerprint density at radius 3 is 2.50 bits per heavy atom. The fourth-order valence-corrected chi connectivity index (χ4v) is 2.12. The van der Waals surface area contributed by atoms with Gasteiger partial charge in [-0.2, -0.15) is 13.2 Å². The smallest absolute Gasteiger partial charge is 0.419 e. The van der Waals surface area contributed by atoms with E-state index in [9.17, 15) is 18.0 Å². The summed E-state index contributed by atoms with van der Waals surface area (Å²) in [7, 11) is 1.20. The summed E-state index contributed by atoms with van der Waals surface area (Å²) in [6.45, 7) is 2.35. The van der Waals surface area contributed by atoms with Crippen molar-refractivity contribution in [2.75, 3.05) is 13.7 Å². The first kappa shape index (κ1) is 20.1. The Labute approximate surface area is 140 Å². The van der Waals surface area contributed by atoms with Gasteiger partial charge < -0.3 is 9.47 Å². The van der Waals surface area contributed by atoms with Gasteiger partial charge in [-0.25, -0.2) is 4.79 Å². The third-order valence-corrected chi connectivity index (χ3v) is 3.43. The monoisotopic (exact) mass is 344 g/mol. The third kappa shape index (κ3) is 7.06. The first-order chi connectivity index (χ1) is 11.4. The first-order valence-corrected chi connectivity index (χ1v) is 7.98. The molecule has 0 fully saturated rings. The SMILES string of the molecule is CCCCCCCOc1ccc(/C=C/C(=O)OC)cc1C(F)(F)F. The van der Waals surface area contributed by atoms with E-state index in [1.54, 1.807) is 0 Å². The van der Waals surface area contributed by atoms with Crippen LogP contribution in [-0.2, 0) is 15.7 Å². The zero-order valence-corrected chi connectivity index (χ0v) is 14.0. The number of hydrogen-bond donors (Lipinski definition) is 0. The minimum Gasteiger partial charge on any atom is -0.493 e. The van der Waals surface area contributed by atoms with Crippen molar-refractivity contribution in [2.24, 2.45) is 0 Å². The van der Waals surface area contributed by atoms with E-state index < -0.39 is 17.7 Å². The lowest BCUT2D eigenvalue weighted by Gasteiger charge is -2.14. The van der Waals surface area contributed by atoms with Gasteiger partial charge in [0.25, 0.3) is 0 Å². The van der Waals surface area contributed by atoms with Crippen LogP contribution in [0.2, 0.25) is 0 Å². The van der Waals surface area contributed by atoms with Gasteiger partial charge in [-0.1, -0.05) is 38.7 Å². The molecule has 134 valence electrons. The van der Waals surface area contributed by atoms with Gasteiger partial charge in [0.05, 0.1) is 19.3 Å². The van der Waals surface area contributed by atoms with Crippen LogP contribution in [0.25, 0.3) is 6.08 Å². The molecule has 0 unspecified atom stereocenters. The van der Waals surface area contributed by atoms with Crippen LogP contribution < -0.4 is 4.74 Å². The van der Waals surface area contributed by atoms with Crippen LogP contribution >= 0.6 is 0 Å². The molecule has 0 heterocycles. The quantitative estimate of drug-likeness (QED) is 0.349. The summed E-state index contributed by atoms with van der Waals surface area (Å²) in [6.07, 6.45) is 2.78. The molecule has 0 radical (unpaired) electrons. The van der Waals surface area contributed by atoms with E-state index >= 15 is 0 Å². The topological polar surface area (TPSA) is 35.5 Å². The molecule has 0 atom stereocenters. The van der Waals surface area contributed by atoms with Crippen molar-refractivity contribution >= 4 is 12.0 Å². The van der Waals surface area contributed by atoms with Crippen molar-refractivity contribution in [1.29, 1.82) is 0 Å². The number of esters is 1. The van der Waals surface area contributed by atoms with Gasteiger partial charge in [0.15, 0.2) is 0 Å². The van der Waals surface area contributed by atoms with Gasteiger partial charge in [0, 0.05) is 6.08 Å². The molecule has 1 aromatic rings.